The summed E-state index contributed by atoms with van der Waals surface area (Å²) in [4.78, 5) is 1.07. The van der Waals surface area contributed by atoms with Gasteiger partial charge < -0.3 is 4.90 Å². The molecule has 0 radical (unpaired) electrons. The highest BCUT2D eigenvalue weighted by Crippen LogP contribution is 2.48. The lowest BCUT2D eigenvalue weighted by Crippen LogP contribution is -2.36. The molecule has 2 aromatic carbocycles. The first-order valence-electron chi connectivity index (χ1n) is 6.98. The average Bonchev–Trinajstić information content (AvgIpc) is 2.93. The maximum absolute atomic E-state index is 14.4. The number of hydrogen-bond donors (Lipinski definition) is 0. The van der Waals surface area contributed by atoms with Crippen LogP contribution in [0, 0.1) is 17.5 Å². The van der Waals surface area contributed by atoms with Gasteiger partial charge in [0.15, 0.2) is 17.5 Å². The Labute approximate surface area is 136 Å². The predicted octanol–water partition coefficient (Wildman–Crippen LogP) is 5.28. The summed E-state index contributed by atoms with van der Waals surface area (Å²) in [6, 6.07) is 6.91. The third-order valence-electron chi connectivity index (χ3n) is 3.99. The van der Waals surface area contributed by atoms with Crippen LogP contribution < -0.4 is 4.90 Å². The van der Waals surface area contributed by atoms with Crippen molar-refractivity contribution >= 4 is 5.69 Å². The third kappa shape index (κ3) is 2.71. The quantitative estimate of drug-likeness (QED) is 0.516. The summed E-state index contributed by atoms with van der Waals surface area (Å²) in [6.07, 6.45) is -6.27. The minimum Gasteiger partial charge on any atom is -0.360 e. The maximum atomic E-state index is 14.4. The first-order chi connectivity index (χ1) is 11.5. The highest BCUT2D eigenvalue weighted by Gasteiger charge is 2.62. The monoisotopic (exact) mass is 367 g/mol. The van der Waals surface area contributed by atoms with E-state index in [1.165, 1.54) is 0 Å². The van der Waals surface area contributed by atoms with Crippen LogP contribution in [0.4, 0.5) is 40.8 Å². The standard InChI is InChI=1S/C16H9F8N/c17-10-5-11(25-6-8-3-1-2-4-9(8)7-25)14(19)12(13(10)18)15(20,21)16(22,23)24/h1-5H,6-7H2. The molecule has 2 aromatic rings. The van der Waals surface area contributed by atoms with Crippen LogP contribution in [0.5, 0.6) is 0 Å². The lowest BCUT2D eigenvalue weighted by molar-refractivity contribution is -0.291. The largest absolute Gasteiger partial charge is 0.458 e. The molecule has 0 bridgehead atoms. The fourth-order valence-corrected chi connectivity index (χ4v) is 2.74. The Hall–Kier alpha value is -2.32. The Balaban J connectivity index is 2.12. The Kier molecular flexibility index (Phi) is 3.92. The molecule has 0 fully saturated rings. The topological polar surface area (TPSA) is 3.24 Å². The number of hydrogen-bond acceptors (Lipinski definition) is 1. The maximum Gasteiger partial charge on any atom is 0.458 e. The van der Waals surface area contributed by atoms with E-state index in [-0.39, 0.29) is 19.2 Å². The van der Waals surface area contributed by atoms with Crippen molar-refractivity contribution in [1.82, 2.24) is 0 Å². The van der Waals surface area contributed by atoms with Gasteiger partial charge in [0, 0.05) is 19.2 Å². The molecule has 0 unspecified atom stereocenters. The van der Waals surface area contributed by atoms with Gasteiger partial charge in [-0.05, 0) is 11.1 Å². The second kappa shape index (κ2) is 5.60. The molecule has 1 aliphatic heterocycles. The summed E-state index contributed by atoms with van der Waals surface area (Å²) in [5.74, 6) is -12.5. The van der Waals surface area contributed by atoms with Gasteiger partial charge in [-0.1, -0.05) is 24.3 Å². The molecule has 0 N–H and O–H groups in total. The second-order valence-electron chi connectivity index (χ2n) is 5.58. The van der Waals surface area contributed by atoms with Gasteiger partial charge in [-0.25, -0.2) is 13.2 Å². The van der Waals surface area contributed by atoms with Gasteiger partial charge in [0.2, 0.25) is 0 Å². The smallest absolute Gasteiger partial charge is 0.360 e. The number of anilines is 1. The minimum atomic E-state index is -6.27. The summed E-state index contributed by atoms with van der Waals surface area (Å²) in [5.41, 5.74) is -2.13. The summed E-state index contributed by atoms with van der Waals surface area (Å²) in [6.45, 7) is -0.0651. The molecule has 0 aliphatic carbocycles. The number of halogens is 8. The highest BCUT2D eigenvalue weighted by molar-refractivity contribution is 5.56. The van der Waals surface area contributed by atoms with Gasteiger partial charge in [0.05, 0.1) is 5.69 Å². The lowest BCUT2D eigenvalue weighted by Gasteiger charge is -2.25. The molecule has 134 valence electrons. The molecule has 25 heavy (non-hydrogen) atoms. The Bertz CT molecular complexity index is 803. The molecule has 0 spiro atoms. The molecule has 1 aliphatic rings. The second-order valence-corrected chi connectivity index (χ2v) is 5.58. The summed E-state index contributed by atoms with van der Waals surface area (Å²) < 4.78 is 106. The van der Waals surface area contributed by atoms with Crippen molar-refractivity contribution in [3.05, 3.63) is 64.5 Å². The highest BCUT2D eigenvalue weighted by atomic mass is 19.4. The molecule has 0 aromatic heterocycles. The zero-order valence-electron chi connectivity index (χ0n) is 12.3. The SMILES string of the molecule is Fc1cc(N2Cc3ccccc3C2)c(F)c(C(F)(F)C(F)(F)F)c1F. The van der Waals surface area contributed by atoms with Crippen molar-refractivity contribution in [2.75, 3.05) is 4.90 Å². The van der Waals surface area contributed by atoms with E-state index in [0.29, 0.717) is 11.1 Å². The average molecular weight is 367 g/mol. The number of rotatable bonds is 2. The number of benzene rings is 2. The van der Waals surface area contributed by atoms with Crippen LogP contribution in [-0.2, 0) is 19.0 Å². The van der Waals surface area contributed by atoms with E-state index in [1.54, 1.807) is 24.3 Å². The molecule has 0 saturated heterocycles. The van der Waals surface area contributed by atoms with E-state index in [2.05, 4.69) is 0 Å². The van der Waals surface area contributed by atoms with E-state index in [4.69, 9.17) is 0 Å². The first-order valence-corrected chi connectivity index (χ1v) is 6.98. The predicted molar refractivity (Wildman–Crippen MR) is 72.6 cm³/mol. The van der Waals surface area contributed by atoms with Crippen LogP contribution in [0.1, 0.15) is 16.7 Å². The van der Waals surface area contributed by atoms with Gasteiger partial charge in [-0.3, -0.25) is 0 Å². The zero-order valence-corrected chi connectivity index (χ0v) is 12.3. The molecule has 0 atom stereocenters. The van der Waals surface area contributed by atoms with E-state index in [0.717, 1.165) is 4.90 Å². The van der Waals surface area contributed by atoms with Crippen LogP contribution in [-0.4, -0.2) is 6.18 Å². The van der Waals surface area contributed by atoms with Crippen LogP contribution in [0.2, 0.25) is 0 Å². The van der Waals surface area contributed by atoms with Crippen molar-refractivity contribution < 1.29 is 35.1 Å². The lowest BCUT2D eigenvalue weighted by atomic mass is 10.0. The zero-order chi connectivity index (χ0) is 18.6. The van der Waals surface area contributed by atoms with Crippen LogP contribution in [0.25, 0.3) is 0 Å². The molecule has 0 amide bonds. The van der Waals surface area contributed by atoms with Gasteiger partial charge in [0.25, 0.3) is 0 Å². The Morgan fingerprint density at radius 1 is 0.800 bits per heavy atom. The number of nitrogens with zero attached hydrogens (tertiary/aromatic N) is 1. The summed E-state index contributed by atoms with van der Waals surface area (Å²) in [7, 11) is 0. The molecular formula is C16H9F8N. The van der Waals surface area contributed by atoms with E-state index in [9.17, 15) is 35.1 Å². The van der Waals surface area contributed by atoms with Crippen molar-refractivity contribution in [3.8, 4) is 0 Å². The molecule has 1 nitrogen and oxygen atoms in total. The Morgan fingerprint density at radius 2 is 1.32 bits per heavy atom. The van der Waals surface area contributed by atoms with Gasteiger partial charge in [-0.2, -0.15) is 22.0 Å². The van der Waals surface area contributed by atoms with Gasteiger partial charge >= 0.3 is 12.1 Å². The van der Waals surface area contributed by atoms with E-state index in [1.807, 2.05) is 0 Å². The fraction of sp³-hybridized carbons (Fsp3) is 0.250. The van der Waals surface area contributed by atoms with Crippen molar-refractivity contribution in [1.29, 1.82) is 0 Å². The number of fused-ring (bicyclic) bond motifs is 1. The van der Waals surface area contributed by atoms with Crippen LogP contribution >= 0.6 is 0 Å². The molecule has 9 heteroatoms. The molecule has 1 heterocycles. The van der Waals surface area contributed by atoms with Gasteiger partial charge in [-0.15, -0.1) is 0 Å². The first kappa shape index (κ1) is 17.5. The van der Waals surface area contributed by atoms with E-state index < -0.39 is 40.8 Å². The van der Waals surface area contributed by atoms with Crippen molar-refractivity contribution in [2.24, 2.45) is 0 Å². The number of alkyl halides is 5. The Morgan fingerprint density at radius 3 is 1.80 bits per heavy atom. The summed E-state index contributed by atoms with van der Waals surface area (Å²) in [5, 5.41) is 0. The van der Waals surface area contributed by atoms with Crippen molar-refractivity contribution in [2.45, 2.75) is 25.2 Å². The summed E-state index contributed by atoms with van der Waals surface area (Å²) >= 11 is 0. The molecular weight excluding hydrogens is 358 g/mol. The van der Waals surface area contributed by atoms with Gasteiger partial charge in [0.1, 0.15) is 5.56 Å². The molecule has 3 rings (SSSR count). The van der Waals surface area contributed by atoms with Crippen molar-refractivity contribution in [3.63, 3.8) is 0 Å². The normalized spacial score (nSPS) is 14.8. The fourth-order valence-electron chi connectivity index (χ4n) is 2.74. The third-order valence-corrected chi connectivity index (χ3v) is 3.99. The van der Waals surface area contributed by atoms with Crippen LogP contribution in [0.15, 0.2) is 30.3 Å². The van der Waals surface area contributed by atoms with E-state index >= 15 is 0 Å². The molecule has 0 saturated carbocycles. The van der Waals surface area contributed by atoms with Crippen LogP contribution in [0.3, 0.4) is 0 Å². The minimum absolute atomic E-state index is 0.0325.